The second-order valence-electron chi connectivity index (χ2n) is 6.75. The van der Waals surface area contributed by atoms with Gasteiger partial charge in [-0.15, -0.1) is 0 Å². The number of benzene rings is 2. The number of hydrogen-bond donors (Lipinski definition) is 0. The maximum Gasteiger partial charge on any atom is 0.268 e. The van der Waals surface area contributed by atoms with Crippen molar-refractivity contribution in [3.63, 3.8) is 0 Å². The Hall–Kier alpha value is -1.83. The second kappa shape index (κ2) is 8.04. The van der Waals surface area contributed by atoms with E-state index in [0.29, 0.717) is 17.9 Å². The Labute approximate surface area is 168 Å². The van der Waals surface area contributed by atoms with Crippen LogP contribution in [0.2, 0.25) is 0 Å². The van der Waals surface area contributed by atoms with Gasteiger partial charge in [0.15, 0.2) is 0 Å². The highest BCUT2D eigenvalue weighted by atomic mass is 79.9. The van der Waals surface area contributed by atoms with Crippen LogP contribution < -0.4 is 4.74 Å². The molecule has 1 heterocycles. The molecule has 0 aliphatic carbocycles. The first-order valence-electron chi connectivity index (χ1n) is 8.69. The minimum Gasteiger partial charge on any atom is -0.493 e. The molecule has 0 radical (unpaired) electrons. The molecule has 3 aromatic rings. The average Bonchev–Trinajstić information content (AvgIpc) is 3.03. The Morgan fingerprint density at radius 3 is 2.63 bits per heavy atom. The summed E-state index contributed by atoms with van der Waals surface area (Å²) in [5, 5.41) is 0.861. The van der Waals surface area contributed by atoms with E-state index >= 15 is 0 Å². The zero-order valence-electron chi connectivity index (χ0n) is 15.6. The normalized spacial score (nSPS) is 12.0. The lowest BCUT2D eigenvalue weighted by molar-refractivity contribution is 0.279. The topological polar surface area (TPSA) is 51.5 Å². The van der Waals surface area contributed by atoms with Gasteiger partial charge in [0.2, 0.25) is 0 Å². The van der Waals surface area contributed by atoms with Gasteiger partial charge in [-0.25, -0.2) is 12.4 Å². The molecule has 0 fully saturated rings. The summed E-state index contributed by atoms with van der Waals surface area (Å²) in [7, 11) is 0.319. The van der Waals surface area contributed by atoms with Crippen molar-refractivity contribution >= 4 is 36.9 Å². The molecular formula is C20H23BrN2O3S. The van der Waals surface area contributed by atoms with Crippen LogP contribution in [0, 0.1) is 6.92 Å². The van der Waals surface area contributed by atoms with E-state index < -0.39 is 10.0 Å². The van der Waals surface area contributed by atoms with Crippen molar-refractivity contribution in [1.29, 1.82) is 0 Å². The van der Waals surface area contributed by atoms with Crippen LogP contribution in [0.5, 0.6) is 5.75 Å². The highest BCUT2D eigenvalue weighted by molar-refractivity contribution is 9.10. The molecule has 144 valence electrons. The smallest absolute Gasteiger partial charge is 0.268 e. The number of ether oxygens (including phenoxy) is 1. The van der Waals surface area contributed by atoms with Crippen molar-refractivity contribution in [3.8, 4) is 5.75 Å². The van der Waals surface area contributed by atoms with Crippen molar-refractivity contribution in [3.05, 3.63) is 58.7 Å². The third kappa shape index (κ3) is 4.36. The van der Waals surface area contributed by atoms with E-state index in [1.165, 1.54) is 3.97 Å². The Balaban J connectivity index is 1.91. The van der Waals surface area contributed by atoms with E-state index in [1.807, 2.05) is 33.2 Å². The molecule has 27 heavy (non-hydrogen) atoms. The van der Waals surface area contributed by atoms with Gasteiger partial charge in [0, 0.05) is 28.7 Å². The van der Waals surface area contributed by atoms with Gasteiger partial charge in [0.05, 0.1) is 17.0 Å². The fraction of sp³-hybridized carbons (Fsp3) is 0.300. The van der Waals surface area contributed by atoms with Crippen LogP contribution in [0.25, 0.3) is 10.9 Å². The maximum absolute atomic E-state index is 13.2. The summed E-state index contributed by atoms with van der Waals surface area (Å²) in [6.45, 7) is 3.38. The van der Waals surface area contributed by atoms with Gasteiger partial charge in [-0.2, -0.15) is 0 Å². The van der Waals surface area contributed by atoms with Crippen molar-refractivity contribution in [2.45, 2.75) is 18.2 Å². The lowest BCUT2D eigenvalue weighted by atomic mass is 10.2. The zero-order chi connectivity index (χ0) is 19.6. The minimum absolute atomic E-state index is 0.219. The largest absolute Gasteiger partial charge is 0.493 e. The number of aromatic nitrogens is 1. The molecule has 1 aromatic heterocycles. The molecule has 0 N–H and O–H groups in total. The van der Waals surface area contributed by atoms with E-state index in [0.717, 1.165) is 28.4 Å². The first-order chi connectivity index (χ1) is 12.8. The predicted molar refractivity (Wildman–Crippen MR) is 112 cm³/mol. The summed E-state index contributed by atoms with van der Waals surface area (Å²) >= 11 is 3.42. The van der Waals surface area contributed by atoms with Crippen LogP contribution in [0.15, 0.2) is 58.0 Å². The standard InChI is InChI=1S/C20H23BrN2O3S/c1-15-5-7-18(14-20(15)26-12-4-10-22(2)3)27(24,25)23-11-9-16-13-17(21)6-8-19(16)23/h5-9,11,13-14H,4,10,12H2,1-3H3. The fourth-order valence-corrected chi connectivity index (χ4v) is 4.62. The van der Waals surface area contributed by atoms with E-state index in [9.17, 15) is 8.42 Å². The first-order valence-corrected chi connectivity index (χ1v) is 10.9. The van der Waals surface area contributed by atoms with Crippen molar-refractivity contribution in [2.75, 3.05) is 27.2 Å². The number of hydrogen-bond acceptors (Lipinski definition) is 4. The number of fused-ring (bicyclic) bond motifs is 1. The first kappa shape index (κ1) is 19.9. The molecule has 0 aliphatic heterocycles. The van der Waals surface area contributed by atoms with Crippen LogP contribution in [0.4, 0.5) is 0 Å². The van der Waals surface area contributed by atoms with Gasteiger partial charge in [0.1, 0.15) is 5.75 Å². The van der Waals surface area contributed by atoms with Crippen LogP contribution >= 0.6 is 15.9 Å². The summed E-state index contributed by atoms with van der Waals surface area (Å²) in [6, 6.07) is 12.4. The molecule has 0 amide bonds. The van der Waals surface area contributed by atoms with Gasteiger partial charge >= 0.3 is 0 Å². The second-order valence-corrected chi connectivity index (χ2v) is 9.48. The van der Waals surface area contributed by atoms with E-state index in [1.54, 1.807) is 36.5 Å². The summed E-state index contributed by atoms with van der Waals surface area (Å²) < 4.78 is 34.4. The summed E-state index contributed by atoms with van der Waals surface area (Å²) in [5.41, 5.74) is 1.56. The minimum atomic E-state index is -3.71. The molecule has 7 heteroatoms. The quantitative estimate of drug-likeness (QED) is 0.504. The molecule has 5 nitrogen and oxygen atoms in total. The van der Waals surface area contributed by atoms with E-state index in [2.05, 4.69) is 20.8 Å². The van der Waals surface area contributed by atoms with Gasteiger partial charge in [-0.3, -0.25) is 0 Å². The van der Waals surface area contributed by atoms with Crippen LogP contribution in [-0.2, 0) is 10.0 Å². The van der Waals surface area contributed by atoms with Crippen LogP contribution in [0.1, 0.15) is 12.0 Å². The predicted octanol–water partition coefficient (Wildman–Crippen LogP) is 4.28. The lowest BCUT2D eigenvalue weighted by Crippen LogP contribution is -2.16. The molecule has 0 bridgehead atoms. The van der Waals surface area contributed by atoms with Crippen LogP contribution in [0.3, 0.4) is 0 Å². The molecule has 0 aliphatic rings. The number of aryl methyl sites for hydroxylation is 1. The van der Waals surface area contributed by atoms with Gasteiger partial charge in [-0.1, -0.05) is 22.0 Å². The highest BCUT2D eigenvalue weighted by Gasteiger charge is 2.20. The molecule has 0 spiro atoms. The summed E-state index contributed by atoms with van der Waals surface area (Å²) in [4.78, 5) is 2.31. The molecule has 2 aromatic carbocycles. The summed E-state index contributed by atoms with van der Waals surface area (Å²) in [5.74, 6) is 0.606. The summed E-state index contributed by atoms with van der Waals surface area (Å²) in [6.07, 6.45) is 2.46. The third-order valence-corrected chi connectivity index (χ3v) is 6.52. The molecule has 3 rings (SSSR count). The van der Waals surface area contributed by atoms with Crippen molar-refractivity contribution in [2.24, 2.45) is 0 Å². The Kier molecular flexibility index (Phi) is 5.93. The zero-order valence-corrected chi connectivity index (χ0v) is 18.0. The third-order valence-electron chi connectivity index (χ3n) is 4.34. The Morgan fingerprint density at radius 2 is 1.89 bits per heavy atom. The van der Waals surface area contributed by atoms with Gasteiger partial charge < -0.3 is 9.64 Å². The SMILES string of the molecule is Cc1ccc(S(=O)(=O)n2ccc3cc(Br)ccc32)cc1OCCCN(C)C. The monoisotopic (exact) mass is 450 g/mol. The maximum atomic E-state index is 13.2. The Morgan fingerprint density at radius 1 is 1.11 bits per heavy atom. The molecule has 0 saturated heterocycles. The Bertz CT molecular complexity index is 1060. The molecule has 0 atom stereocenters. The van der Waals surface area contributed by atoms with Gasteiger partial charge in [0.25, 0.3) is 10.0 Å². The lowest BCUT2D eigenvalue weighted by Gasteiger charge is -2.14. The van der Waals surface area contributed by atoms with E-state index in [-0.39, 0.29) is 4.90 Å². The average molecular weight is 451 g/mol. The van der Waals surface area contributed by atoms with Gasteiger partial charge in [-0.05, 0) is 63.3 Å². The van der Waals surface area contributed by atoms with Crippen molar-refractivity contribution < 1.29 is 13.2 Å². The number of halogens is 1. The molecule has 0 unspecified atom stereocenters. The molecular weight excluding hydrogens is 428 g/mol. The fourth-order valence-electron chi connectivity index (χ4n) is 2.87. The molecule has 0 saturated carbocycles. The van der Waals surface area contributed by atoms with Crippen molar-refractivity contribution in [1.82, 2.24) is 8.87 Å². The highest BCUT2D eigenvalue weighted by Crippen LogP contribution is 2.28. The van der Waals surface area contributed by atoms with Crippen LogP contribution in [-0.4, -0.2) is 44.5 Å². The number of nitrogens with zero attached hydrogens (tertiary/aromatic N) is 2. The van der Waals surface area contributed by atoms with E-state index in [4.69, 9.17) is 4.74 Å². The number of rotatable bonds is 7.